The highest BCUT2D eigenvalue weighted by atomic mass is 16.5. The minimum absolute atomic E-state index is 0.0275. The van der Waals surface area contributed by atoms with E-state index in [9.17, 15) is 4.79 Å². The number of fused-ring (bicyclic) bond motifs is 3. The maximum Gasteiger partial charge on any atom is 0.407 e. The van der Waals surface area contributed by atoms with Gasteiger partial charge >= 0.3 is 6.09 Å². The molecule has 0 radical (unpaired) electrons. The Kier molecular flexibility index (Phi) is 5.46. The molecule has 1 N–H and O–H groups in total. The fraction of sp³-hybridized carbons (Fsp3) is 0.348. The molecule has 2 aromatic rings. The summed E-state index contributed by atoms with van der Waals surface area (Å²) in [4.78, 5) is 12.2. The van der Waals surface area contributed by atoms with E-state index in [4.69, 9.17) is 4.74 Å². The number of hydrogen-bond acceptors (Lipinski definition) is 2. The molecular formula is C23H27NO2. The van der Waals surface area contributed by atoms with Crippen LogP contribution in [0.2, 0.25) is 0 Å². The quantitative estimate of drug-likeness (QED) is 0.669. The second kappa shape index (κ2) is 7.77. The molecule has 0 saturated carbocycles. The lowest BCUT2D eigenvalue weighted by molar-refractivity contribution is 0.137. The van der Waals surface area contributed by atoms with Gasteiger partial charge < -0.3 is 10.1 Å². The van der Waals surface area contributed by atoms with E-state index in [0.717, 1.165) is 12.8 Å². The molecule has 0 bridgehead atoms. The average molecular weight is 349 g/mol. The average Bonchev–Trinajstić information content (AvgIpc) is 2.97. The van der Waals surface area contributed by atoms with E-state index in [2.05, 4.69) is 62.1 Å². The predicted molar refractivity (Wildman–Crippen MR) is 106 cm³/mol. The van der Waals surface area contributed by atoms with Crippen LogP contribution in [0.5, 0.6) is 0 Å². The van der Waals surface area contributed by atoms with Crippen molar-refractivity contribution >= 4 is 6.09 Å². The number of rotatable bonds is 7. The molecule has 0 aliphatic heterocycles. The maximum absolute atomic E-state index is 12.2. The number of carbonyl (C=O) groups is 1. The first-order chi connectivity index (χ1) is 12.5. The Labute approximate surface area is 156 Å². The van der Waals surface area contributed by atoms with Gasteiger partial charge in [0, 0.05) is 12.5 Å². The first-order valence-electron chi connectivity index (χ1n) is 9.21. The highest BCUT2D eigenvalue weighted by Crippen LogP contribution is 2.44. The summed E-state index contributed by atoms with van der Waals surface area (Å²) in [5.74, 6) is 0.0990. The summed E-state index contributed by atoms with van der Waals surface area (Å²) in [5, 5.41) is 2.91. The van der Waals surface area contributed by atoms with Crippen molar-refractivity contribution in [2.45, 2.75) is 32.6 Å². The Morgan fingerprint density at radius 2 is 1.69 bits per heavy atom. The van der Waals surface area contributed by atoms with Crippen molar-refractivity contribution < 1.29 is 9.53 Å². The van der Waals surface area contributed by atoms with Gasteiger partial charge in [0.15, 0.2) is 0 Å². The zero-order chi connectivity index (χ0) is 18.6. The van der Waals surface area contributed by atoms with Crippen LogP contribution < -0.4 is 5.32 Å². The van der Waals surface area contributed by atoms with Crippen molar-refractivity contribution in [3.05, 3.63) is 72.3 Å². The van der Waals surface area contributed by atoms with E-state index in [0.29, 0.717) is 13.2 Å². The third-order valence-corrected chi connectivity index (χ3v) is 5.08. The van der Waals surface area contributed by atoms with Crippen LogP contribution in [0.4, 0.5) is 4.79 Å². The second-order valence-electron chi connectivity index (χ2n) is 7.67. The number of alkyl carbamates (subject to hydrolysis) is 1. The number of ether oxygens (including phenoxy) is 1. The number of carbonyl (C=O) groups excluding carboxylic acids is 1. The molecular weight excluding hydrogens is 322 g/mol. The maximum atomic E-state index is 12.2. The van der Waals surface area contributed by atoms with Gasteiger partial charge in [0.1, 0.15) is 6.61 Å². The standard InChI is InChI=1S/C23H27NO2/c1-4-5-14-23(2,3)16-24-22(25)26-15-21-19-12-8-6-10-17(19)18-11-7-9-13-20(18)21/h4,6-13,21H,1,5,14-16H2,2-3H3,(H,24,25). The molecule has 1 amide bonds. The van der Waals surface area contributed by atoms with E-state index in [1.54, 1.807) is 0 Å². The van der Waals surface area contributed by atoms with Crippen LogP contribution in [0.3, 0.4) is 0 Å². The van der Waals surface area contributed by atoms with E-state index >= 15 is 0 Å². The molecule has 0 spiro atoms. The monoisotopic (exact) mass is 349 g/mol. The summed E-state index contributed by atoms with van der Waals surface area (Å²) in [7, 11) is 0. The normalized spacial score (nSPS) is 13.0. The molecule has 0 heterocycles. The lowest BCUT2D eigenvalue weighted by Crippen LogP contribution is -2.34. The fourth-order valence-electron chi connectivity index (χ4n) is 3.54. The van der Waals surface area contributed by atoms with Gasteiger partial charge in [-0.15, -0.1) is 6.58 Å². The number of hydrogen-bond donors (Lipinski definition) is 1. The second-order valence-corrected chi connectivity index (χ2v) is 7.67. The first kappa shape index (κ1) is 18.2. The van der Waals surface area contributed by atoms with Gasteiger partial charge in [-0.05, 0) is 40.5 Å². The SMILES string of the molecule is C=CCCC(C)(C)CNC(=O)OCC1c2ccccc2-c2ccccc21. The molecule has 0 atom stereocenters. The third-order valence-electron chi connectivity index (χ3n) is 5.08. The number of benzene rings is 2. The number of nitrogens with one attached hydrogen (secondary N) is 1. The van der Waals surface area contributed by atoms with Crippen LogP contribution in [0.15, 0.2) is 61.2 Å². The Bertz CT molecular complexity index is 749. The number of amides is 1. The van der Waals surface area contributed by atoms with Gasteiger partial charge in [0.05, 0.1) is 0 Å². The van der Waals surface area contributed by atoms with Crippen LogP contribution in [0, 0.1) is 5.41 Å². The molecule has 3 nitrogen and oxygen atoms in total. The van der Waals surface area contributed by atoms with Crippen molar-refractivity contribution in [3.8, 4) is 11.1 Å². The Morgan fingerprint density at radius 1 is 1.12 bits per heavy atom. The minimum Gasteiger partial charge on any atom is -0.449 e. The van der Waals surface area contributed by atoms with Crippen LogP contribution >= 0.6 is 0 Å². The van der Waals surface area contributed by atoms with Gasteiger partial charge in [0.25, 0.3) is 0 Å². The molecule has 0 unspecified atom stereocenters. The molecule has 2 aromatic carbocycles. The Hall–Kier alpha value is -2.55. The van der Waals surface area contributed by atoms with E-state index in [1.165, 1.54) is 22.3 Å². The Morgan fingerprint density at radius 3 is 2.27 bits per heavy atom. The summed E-state index contributed by atoms with van der Waals surface area (Å²) in [5.41, 5.74) is 4.96. The van der Waals surface area contributed by atoms with Gasteiger partial charge in [-0.1, -0.05) is 68.5 Å². The van der Waals surface area contributed by atoms with Crippen molar-refractivity contribution in [2.24, 2.45) is 5.41 Å². The topological polar surface area (TPSA) is 38.3 Å². The molecule has 3 rings (SSSR count). The van der Waals surface area contributed by atoms with Crippen LogP contribution in [0.25, 0.3) is 11.1 Å². The predicted octanol–water partition coefficient (Wildman–Crippen LogP) is 5.52. The summed E-state index contributed by atoms with van der Waals surface area (Å²) < 4.78 is 5.57. The molecule has 1 aliphatic rings. The van der Waals surface area contributed by atoms with Gasteiger partial charge in [-0.3, -0.25) is 0 Å². The van der Waals surface area contributed by atoms with Crippen LogP contribution in [-0.2, 0) is 4.74 Å². The van der Waals surface area contributed by atoms with E-state index in [1.807, 2.05) is 18.2 Å². The third kappa shape index (κ3) is 3.98. The largest absolute Gasteiger partial charge is 0.449 e. The molecule has 0 fully saturated rings. The lowest BCUT2D eigenvalue weighted by atomic mass is 9.88. The van der Waals surface area contributed by atoms with E-state index in [-0.39, 0.29) is 17.4 Å². The van der Waals surface area contributed by atoms with Crippen LogP contribution in [0.1, 0.15) is 43.7 Å². The molecule has 26 heavy (non-hydrogen) atoms. The number of allylic oxidation sites excluding steroid dienone is 1. The zero-order valence-electron chi connectivity index (χ0n) is 15.6. The van der Waals surface area contributed by atoms with Crippen molar-refractivity contribution in [1.29, 1.82) is 0 Å². The molecule has 136 valence electrons. The summed E-state index contributed by atoms with van der Waals surface area (Å²) in [6.45, 7) is 8.98. The molecule has 1 aliphatic carbocycles. The molecule has 0 aromatic heterocycles. The Balaban J connectivity index is 1.61. The van der Waals surface area contributed by atoms with E-state index < -0.39 is 0 Å². The summed E-state index contributed by atoms with van der Waals surface area (Å²) in [6.07, 6.45) is 3.49. The first-order valence-corrected chi connectivity index (χ1v) is 9.21. The van der Waals surface area contributed by atoms with Crippen LogP contribution in [-0.4, -0.2) is 19.2 Å². The van der Waals surface area contributed by atoms with Gasteiger partial charge in [-0.2, -0.15) is 0 Å². The summed E-state index contributed by atoms with van der Waals surface area (Å²) >= 11 is 0. The lowest BCUT2D eigenvalue weighted by Gasteiger charge is -2.24. The van der Waals surface area contributed by atoms with Gasteiger partial charge in [-0.25, -0.2) is 4.79 Å². The molecule has 3 heteroatoms. The highest BCUT2D eigenvalue weighted by molar-refractivity contribution is 5.79. The van der Waals surface area contributed by atoms with Crippen molar-refractivity contribution in [2.75, 3.05) is 13.2 Å². The molecule has 0 saturated heterocycles. The smallest absolute Gasteiger partial charge is 0.407 e. The fourth-order valence-corrected chi connectivity index (χ4v) is 3.54. The summed E-state index contributed by atoms with van der Waals surface area (Å²) in [6, 6.07) is 16.7. The van der Waals surface area contributed by atoms with Crippen molar-refractivity contribution in [1.82, 2.24) is 5.32 Å². The van der Waals surface area contributed by atoms with Crippen molar-refractivity contribution in [3.63, 3.8) is 0 Å². The minimum atomic E-state index is -0.349. The highest BCUT2D eigenvalue weighted by Gasteiger charge is 2.29. The zero-order valence-corrected chi connectivity index (χ0v) is 15.6. The van der Waals surface area contributed by atoms with Gasteiger partial charge in [0.2, 0.25) is 0 Å².